The molecule has 0 unspecified atom stereocenters. The number of aromatic nitrogens is 2. The fourth-order valence-electron chi connectivity index (χ4n) is 1.99. The fourth-order valence-corrected chi connectivity index (χ4v) is 1.99. The van der Waals surface area contributed by atoms with Gasteiger partial charge in [0.05, 0.1) is 19.9 Å². The molecule has 0 bridgehead atoms. The Morgan fingerprint density at radius 1 is 1.10 bits per heavy atom. The highest BCUT2D eigenvalue weighted by Crippen LogP contribution is 2.13. The van der Waals surface area contributed by atoms with Crippen LogP contribution in [0, 0.1) is 5.92 Å². The van der Waals surface area contributed by atoms with Crippen molar-refractivity contribution >= 4 is 0 Å². The maximum Gasteiger partial charge on any atom is 0.118 e. The van der Waals surface area contributed by atoms with Gasteiger partial charge in [0.15, 0.2) is 0 Å². The van der Waals surface area contributed by atoms with E-state index in [0.29, 0.717) is 5.92 Å². The molecule has 0 saturated carbocycles. The van der Waals surface area contributed by atoms with E-state index in [0.717, 1.165) is 18.7 Å². The third-order valence-corrected chi connectivity index (χ3v) is 2.83. The molecule has 0 spiro atoms. The minimum absolute atomic E-state index is 0.670. The lowest BCUT2D eigenvalue weighted by molar-refractivity contribution is 0.414. The number of hydrogen-bond acceptors (Lipinski definition) is 2. The van der Waals surface area contributed by atoms with E-state index in [9.17, 15) is 0 Å². The van der Waals surface area contributed by atoms with Crippen LogP contribution in [0.1, 0.15) is 38.8 Å². The zero-order valence-corrected chi connectivity index (χ0v) is 13.3. The van der Waals surface area contributed by atoms with Crippen molar-refractivity contribution < 1.29 is 4.74 Å². The summed E-state index contributed by atoms with van der Waals surface area (Å²) in [6.07, 6.45) is 5.18. The Bertz CT molecular complexity index is 486. The second kappa shape index (κ2) is 8.41. The van der Waals surface area contributed by atoms with Gasteiger partial charge in [-0.3, -0.25) is 4.68 Å². The van der Waals surface area contributed by atoms with Crippen LogP contribution in [0.15, 0.2) is 36.7 Å². The normalized spacial score (nSPS) is 10.1. The molecular formula is C17H26N2O. The van der Waals surface area contributed by atoms with Gasteiger partial charge in [0.2, 0.25) is 0 Å². The summed E-state index contributed by atoms with van der Waals surface area (Å²) in [6, 6.07) is 8.10. The number of rotatable bonds is 5. The van der Waals surface area contributed by atoms with E-state index in [4.69, 9.17) is 4.74 Å². The lowest BCUT2D eigenvalue weighted by Gasteiger charge is -2.04. The van der Waals surface area contributed by atoms with Crippen molar-refractivity contribution in [3.05, 3.63) is 47.8 Å². The number of ether oxygens (including phenoxy) is 1. The Labute approximate surface area is 122 Å². The highest BCUT2D eigenvalue weighted by atomic mass is 16.5. The van der Waals surface area contributed by atoms with Gasteiger partial charge in [-0.1, -0.05) is 39.8 Å². The second-order valence-electron chi connectivity index (χ2n) is 4.99. The van der Waals surface area contributed by atoms with E-state index in [1.54, 1.807) is 7.11 Å². The van der Waals surface area contributed by atoms with Gasteiger partial charge in [-0.05, 0) is 35.6 Å². The zero-order valence-electron chi connectivity index (χ0n) is 13.3. The van der Waals surface area contributed by atoms with Crippen LogP contribution in [0.4, 0.5) is 0 Å². The van der Waals surface area contributed by atoms with E-state index >= 15 is 0 Å². The summed E-state index contributed by atoms with van der Waals surface area (Å²) in [4.78, 5) is 0. The van der Waals surface area contributed by atoms with Crippen LogP contribution in [0.5, 0.6) is 5.75 Å². The van der Waals surface area contributed by atoms with Crippen LogP contribution in [-0.4, -0.2) is 16.9 Å². The van der Waals surface area contributed by atoms with E-state index in [-0.39, 0.29) is 0 Å². The SMILES string of the molecule is CC.COc1ccc(Cn2cc(CC(C)C)cn2)cc1. The number of nitrogens with zero attached hydrogens (tertiary/aromatic N) is 2. The minimum Gasteiger partial charge on any atom is -0.497 e. The maximum absolute atomic E-state index is 5.14. The summed E-state index contributed by atoms with van der Waals surface area (Å²) in [5, 5.41) is 4.39. The van der Waals surface area contributed by atoms with Crippen LogP contribution in [0.3, 0.4) is 0 Å². The van der Waals surface area contributed by atoms with Gasteiger partial charge in [-0.25, -0.2) is 0 Å². The average molecular weight is 274 g/mol. The molecule has 0 atom stereocenters. The van der Waals surface area contributed by atoms with Gasteiger partial charge in [0.1, 0.15) is 5.75 Å². The van der Waals surface area contributed by atoms with Crippen molar-refractivity contribution in [2.45, 2.75) is 40.7 Å². The molecule has 0 N–H and O–H groups in total. The molecular weight excluding hydrogens is 248 g/mol. The van der Waals surface area contributed by atoms with Crippen molar-refractivity contribution in [3.8, 4) is 5.75 Å². The molecule has 0 saturated heterocycles. The molecule has 0 aliphatic carbocycles. The molecule has 0 aliphatic rings. The Hall–Kier alpha value is -1.77. The maximum atomic E-state index is 5.14. The lowest BCUT2D eigenvalue weighted by atomic mass is 10.1. The standard InChI is InChI=1S/C15H20N2O.C2H6/c1-12(2)8-14-9-16-17(11-14)10-13-4-6-15(18-3)7-5-13;1-2/h4-7,9,11-12H,8,10H2,1-3H3;1-2H3. The van der Waals surface area contributed by atoms with Crippen molar-refractivity contribution in [2.24, 2.45) is 5.92 Å². The molecule has 0 aliphatic heterocycles. The highest BCUT2D eigenvalue weighted by molar-refractivity contribution is 5.27. The molecule has 1 heterocycles. The first-order valence-corrected chi connectivity index (χ1v) is 7.31. The predicted molar refractivity (Wildman–Crippen MR) is 84.2 cm³/mol. The van der Waals surface area contributed by atoms with Gasteiger partial charge in [-0.15, -0.1) is 0 Å². The van der Waals surface area contributed by atoms with E-state index in [2.05, 4.69) is 37.3 Å². The molecule has 3 nitrogen and oxygen atoms in total. The number of hydrogen-bond donors (Lipinski definition) is 0. The molecule has 0 amide bonds. The summed E-state index contributed by atoms with van der Waals surface area (Å²) < 4.78 is 7.13. The molecule has 20 heavy (non-hydrogen) atoms. The summed E-state index contributed by atoms with van der Waals surface area (Å²) in [6.45, 7) is 9.25. The van der Waals surface area contributed by atoms with Crippen LogP contribution in [0.2, 0.25) is 0 Å². The largest absolute Gasteiger partial charge is 0.497 e. The molecule has 1 aromatic carbocycles. The van der Waals surface area contributed by atoms with Crippen molar-refractivity contribution in [1.82, 2.24) is 9.78 Å². The monoisotopic (exact) mass is 274 g/mol. The molecule has 1 aromatic heterocycles. The van der Waals surface area contributed by atoms with Crippen molar-refractivity contribution in [3.63, 3.8) is 0 Å². The first kappa shape index (κ1) is 16.3. The molecule has 0 fully saturated rings. The quantitative estimate of drug-likeness (QED) is 0.818. The molecule has 110 valence electrons. The van der Waals surface area contributed by atoms with E-state index in [1.807, 2.05) is 36.9 Å². The fraction of sp³-hybridized carbons (Fsp3) is 0.471. The molecule has 3 heteroatoms. The van der Waals surface area contributed by atoms with Crippen LogP contribution < -0.4 is 4.74 Å². The summed E-state index contributed by atoms with van der Waals surface area (Å²) >= 11 is 0. The number of benzene rings is 1. The Balaban J connectivity index is 0.000000956. The summed E-state index contributed by atoms with van der Waals surface area (Å²) in [5.74, 6) is 1.56. The minimum atomic E-state index is 0.670. The van der Waals surface area contributed by atoms with Gasteiger partial charge < -0.3 is 4.74 Å². The topological polar surface area (TPSA) is 27.1 Å². The Kier molecular flexibility index (Phi) is 6.85. The molecule has 0 radical (unpaired) electrons. The van der Waals surface area contributed by atoms with Gasteiger partial charge in [-0.2, -0.15) is 5.10 Å². The van der Waals surface area contributed by atoms with Gasteiger partial charge >= 0.3 is 0 Å². The molecule has 2 aromatic rings. The van der Waals surface area contributed by atoms with Gasteiger partial charge in [0, 0.05) is 6.20 Å². The Morgan fingerprint density at radius 2 is 1.75 bits per heavy atom. The summed E-state index contributed by atoms with van der Waals surface area (Å²) in [5.41, 5.74) is 2.54. The van der Waals surface area contributed by atoms with E-state index < -0.39 is 0 Å². The summed E-state index contributed by atoms with van der Waals surface area (Å²) in [7, 11) is 1.68. The Morgan fingerprint density at radius 3 is 2.30 bits per heavy atom. The third kappa shape index (κ3) is 5.08. The predicted octanol–water partition coefficient (Wildman–Crippen LogP) is 4.16. The van der Waals surface area contributed by atoms with Crippen molar-refractivity contribution in [2.75, 3.05) is 7.11 Å². The van der Waals surface area contributed by atoms with Crippen LogP contribution >= 0.6 is 0 Å². The zero-order chi connectivity index (χ0) is 15.0. The highest BCUT2D eigenvalue weighted by Gasteiger charge is 2.02. The average Bonchev–Trinajstić information content (AvgIpc) is 2.88. The lowest BCUT2D eigenvalue weighted by Crippen LogP contribution is -2.00. The van der Waals surface area contributed by atoms with E-state index in [1.165, 1.54) is 11.1 Å². The van der Waals surface area contributed by atoms with Crippen LogP contribution in [0.25, 0.3) is 0 Å². The third-order valence-electron chi connectivity index (χ3n) is 2.83. The second-order valence-corrected chi connectivity index (χ2v) is 4.99. The van der Waals surface area contributed by atoms with Crippen LogP contribution in [-0.2, 0) is 13.0 Å². The first-order chi connectivity index (χ1) is 9.67. The number of methoxy groups -OCH3 is 1. The van der Waals surface area contributed by atoms with Crippen molar-refractivity contribution in [1.29, 1.82) is 0 Å². The molecule has 2 rings (SSSR count). The van der Waals surface area contributed by atoms with Gasteiger partial charge in [0.25, 0.3) is 0 Å². The first-order valence-electron chi connectivity index (χ1n) is 7.31. The smallest absolute Gasteiger partial charge is 0.118 e.